The fourth-order valence-electron chi connectivity index (χ4n) is 2.05. The first kappa shape index (κ1) is 11.9. The third-order valence-electron chi connectivity index (χ3n) is 3.18. The highest BCUT2D eigenvalue weighted by atomic mass is 16.5. The van der Waals surface area contributed by atoms with Gasteiger partial charge >= 0.3 is 0 Å². The lowest BCUT2D eigenvalue weighted by Crippen LogP contribution is -2.47. The van der Waals surface area contributed by atoms with Crippen LogP contribution in [-0.4, -0.2) is 36.6 Å². The molecular weight excluding hydrogens is 216 g/mol. The molecule has 2 N–H and O–H groups in total. The highest BCUT2D eigenvalue weighted by Crippen LogP contribution is 2.20. The largest absolute Gasteiger partial charge is 0.398 e. The van der Waals surface area contributed by atoms with Gasteiger partial charge in [0.25, 0.3) is 5.91 Å². The number of hydrogen-bond donors (Lipinski definition) is 1. The van der Waals surface area contributed by atoms with Crippen molar-refractivity contribution in [2.75, 3.05) is 25.5 Å². The topological polar surface area (TPSA) is 55.6 Å². The van der Waals surface area contributed by atoms with Gasteiger partial charge in [-0.2, -0.15) is 0 Å². The Labute approximate surface area is 101 Å². The molecule has 0 bridgehead atoms. The molecule has 1 aliphatic heterocycles. The molecule has 92 valence electrons. The Hall–Kier alpha value is -1.55. The second-order valence-corrected chi connectivity index (χ2v) is 4.46. The average Bonchev–Trinajstić information content (AvgIpc) is 2.32. The van der Waals surface area contributed by atoms with Crippen molar-refractivity contribution in [3.8, 4) is 0 Å². The van der Waals surface area contributed by atoms with E-state index < -0.39 is 0 Å². The van der Waals surface area contributed by atoms with Crippen LogP contribution < -0.4 is 5.73 Å². The van der Waals surface area contributed by atoms with Crippen LogP contribution in [-0.2, 0) is 4.74 Å². The standard InChI is InChI=1S/C13H18N2O2/c1-9-4-3-5-11(12(9)14)13(16)15-6-7-17-8-10(15)2/h3-5,10H,6-8,14H2,1-2H3/t10-/m1/s1. The SMILES string of the molecule is Cc1cccc(C(=O)N2CCOC[C@H]2C)c1N. The van der Waals surface area contributed by atoms with Gasteiger partial charge in [0.15, 0.2) is 0 Å². The smallest absolute Gasteiger partial charge is 0.256 e. The summed E-state index contributed by atoms with van der Waals surface area (Å²) in [6.07, 6.45) is 0. The predicted molar refractivity (Wildman–Crippen MR) is 66.9 cm³/mol. The number of carbonyl (C=O) groups excluding carboxylic acids is 1. The first-order valence-corrected chi connectivity index (χ1v) is 5.85. The van der Waals surface area contributed by atoms with E-state index in [0.29, 0.717) is 31.0 Å². The number of hydrogen-bond acceptors (Lipinski definition) is 3. The van der Waals surface area contributed by atoms with Crippen molar-refractivity contribution in [2.24, 2.45) is 0 Å². The molecule has 4 heteroatoms. The molecular formula is C13H18N2O2. The van der Waals surface area contributed by atoms with E-state index in [1.54, 1.807) is 6.07 Å². The number of carbonyl (C=O) groups is 1. The Kier molecular flexibility index (Phi) is 3.33. The second-order valence-electron chi connectivity index (χ2n) is 4.46. The summed E-state index contributed by atoms with van der Waals surface area (Å²) < 4.78 is 5.33. The van der Waals surface area contributed by atoms with Gasteiger partial charge in [-0.1, -0.05) is 12.1 Å². The fourth-order valence-corrected chi connectivity index (χ4v) is 2.05. The van der Waals surface area contributed by atoms with Crippen LogP contribution in [0.25, 0.3) is 0 Å². The molecule has 1 fully saturated rings. The minimum Gasteiger partial charge on any atom is -0.398 e. The summed E-state index contributed by atoms with van der Waals surface area (Å²) in [5.41, 5.74) is 8.07. The molecule has 2 rings (SSSR count). The third-order valence-corrected chi connectivity index (χ3v) is 3.18. The first-order chi connectivity index (χ1) is 8.11. The van der Waals surface area contributed by atoms with Crippen LogP contribution in [0.3, 0.4) is 0 Å². The molecule has 0 radical (unpaired) electrons. The minimum atomic E-state index is 0.00185. The van der Waals surface area contributed by atoms with E-state index >= 15 is 0 Å². The molecule has 0 aromatic heterocycles. The molecule has 0 saturated carbocycles. The first-order valence-electron chi connectivity index (χ1n) is 5.85. The van der Waals surface area contributed by atoms with E-state index in [9.17, 15) is 4.79 Å². The lowest BCUT2D eigenvalue weighted by Gasteiger charge is -2.33. The molecule has 0 aliphatic carbocycles. The lowest BCUT2D eigenvalue weighted by atomic mass is 10.1. The van der Waals surface area contributed by atoms with Crippen LogP contribution in [0.2, 0.25) is 0 Å². The Morgan fingerprint density at radius 1 is 1.53 bits per heavy atom. The average molecular weight is 234 g/mol. The van der Waals surface area contributed by atoms with Gasteiger partial charge in [0.2, 0.25) is 0 Å². The van der Waals surface area contributed by atoms with Crippen molar-refractivity contribution in [3.63, 3.8) is 0 Å². The molecule has 1 atom stereocenters. The van der Waals surface area contributed by atoms with Crippen molar-refractivity contribution < 1.29 is 9.53 Å². The number of rotatable bonds is 1. The van der Waals surface area contributed by atoms with Crippen LogP contribution in [0, 0.1) is 6.92 Å². The summed E-state index contributed by atoms with van der Waals surface area (Å²) >= 11 is 0. The summed E-state index contributed by atoms with van der Waals surface area (Å²) in [5, 5.41) is 0. The molecule has 1 aromatic rings. The highest BCUT2D eigenvalue weighted by molar-refractivity contribution is 5.99. The van der Waals surface area contributed by atoms with Crippen molar-refractivity contribution >= 4 is 11.6 Å². The van der Waals surface area contributed by atoms with Crippen molar-refractivity contribution in [1.29, 1.82) is 0 Å². The maximum Gasteiger partial charge on any atom is 0.256 e. The number of anilines is 1. The van der Waals surface area contributed by atoms with Crippen LogP contribution in [0.4, 0.5) is 5.69 Å². The van der Waals surface area contributed by atoms with Gasteiger partial charge in [-0.25, -0.2) is 0 Å². The molecule has 17 heavy (non-hydrogen) atoms. The van der Waals surface area contributed by atoms with Crippen molar-refractivity contribution in [1.82, 2.24) is 4.90 Å². The Morgan fingerprint density at radius 2 is 2.29 bits per heavy atom. The third kappa shape index (κ3) is 2.26. The van der Waals surface area contributed by atoms with Crippen LogP contribution in [0.1, 0.15) is 22.8 Å². The number of ether oxygens (including phenoxy) is 1. The molecule has 0 spiro atoms. The van der Waals surface area contributed by atoms with Gasteiger partial charge in [0.1, 0.15) is 0 Å². The fraction of sp³-hybridized carbons (Fsp3) is 0.462. The molecule has 1 aliphatic rings. The number of aryl methyl sites for hydroxylation is 1. The van der Waals surface area contributed by atoms with E-state index in [1.807, 2.05) is 30.9 Å². The zero-order chi connectivity index (χ0) is 12.4. The molecule has 1 aromatic carbocycles. The molecule has 4 nitrogen and oxygen atoms in total. The molecule has 1 saturated heterocycles. The van der Waals surface area contributed by atoms with E-state index in [4.69, 9.17) is 10.5 Å². The monoisotopic (exact) mass is 234 g/mol. The summed E-state index contributed by atoms with van der Waals surface area (Å²) in [7, 11) is 0. The number of nitrogens with two attached hydrogens (primary N) is 1. The summed E-state index contributed by atoms with van der Waals surface area (Å²) in [5.74, 6) is 0.00185. The number of nitrogen functional groups attached to an aromatic ring is 1. The van der Waals surface area contributed by atoms with Crippen molar-refractivity contribution in [3.05, 3.63) is 29.3 Å². The predicted octanol–water partition coefficient (Wildman–Crippen LogP) is 1.44. The van der Waals surface area contributed by atoms with Gasteiger partial charge in [-0.15, -0.1) is 0 Å². The summed E-state index contributed by atoms with van der Waals surface area (Å²) in [6, 6.07) is 5.67. The Morgan fingerprint density at radius 3 is 3.00 bits per heavy atom. The van der Waals surface area contributed by atoms with Gasteiger partial charge < -0.3 is 15.4 Å². The summed E-state index contributed by atoms with van der Waals surface area (Å²) in [4.78, 5) is 14.2. The Balaban J connectivity index is 2.27. The van der Waals surface area contributed by atoms with E-state index in [0.717, 1.165) is 5.56 Å². The van der Waals surface area contributed by atoms with Gasteiger partial charge in [0.05, 0.1) is 24.8 Å². The molecule has 1 amide bonds. The van der Waals surface area contributed by atoms with E-state index in [-0.39, 0.29) is 11.9 Å². The lowest BCUT2D eigenvalue weighted by molar-refractivity contribution is 0.00365. The van der Waals surface area contributed by atoms with E-state index in [1.165, 1.54) is 0 Å². The van der Waals surface area contributed by atoms with Crippen LogP contribution in [0.5, 0.6) is 0 Å². The number of morpholine rings is 1. The van der Waals surface area contributed by atoms with Gasteiger partial charge in [-0.05, 0) is 25.5 Å². The second kappa shape index (κ2) is 4.75. The van der Waals surface area contributed by atoms with E-state index in [2.05, 4.69) is 0 Å². The van der Waals surface area contributed by atoms with Gasteiger partial charge in [0, 0.05) is 12.2 Å². The zero-order valence-electron chi connectivity index (χ0n) is 10.3. The minimum absolute atomic E-state index is 0.00185. The highest BCUT2D eigenvalue weighted by Gasteiger charge is 2.26. The number of amides is 1. The van der Waals surface area contributed by atoms with Crippen LogP contribution in [0.15, 0.2) is 18.2 Å². The maximum atomic E-state index is 12.4. The summed E-state index contributed by atoms with van der Waals surface area (Å²) in [6.45, 7) is 5.73. The quantitative estimate of drug-likeness (QED) is 0.748. The Bertz CT molecular complexity index is 431. The van der Waals surface area contributed by atoms with Gasteiger partial charge in [-0.3, -0.25) is 4.79 Å². The number of para-hydroxylation sites is 1. The zero-order valence-corrected chi connectivity index (χ0v) is 10.3. The van der Waals surface area contributed by atoms with Crippen molar-refractivity contribution in [2.45, 2.75) is 19.9 Å². The maximum absolute atomic E-state index is 12.4. The number of nitrogens with zero attached hydrogens (tertiary/aromatic N) is 1. The normalized spacial score (nSPS) is 20.4. The molecule has 0 unspecified atom stereocenters. The number of benzene rings is 1. The molecule has 1 heterocycles. The van der Waals surface area contributed by atoms with Crippen LogP contribution >= 0.6 is 0 Å².